The number of ether oxygens (including phenoxy) is 1. The lowest BCUT2D eigenvalue weighted by Crippen LogP contribution is -2.61. The Morgan fingerprint density at radius 3 is 1.22 bits per heavy atom. The second kappa shape index (κ2) is 8.30. The van der Waals surface area contributed by atoms with E-state index in [1.54, 1.807) is 0 Å². The SMILES string of the molecule is CN(C)C1CC(C)(C)N(C)C(C)(C)C1.COC1CC(C)(C)N(C)C(C)(C)C1. The van der Waals surface area contributed by atoms with Gasteiger partial charge >= 0.3 is 0 Å². The fraction of sp³-hybridized carbons (Fsp3) is 1.00. The molecule has 2 rings (SSSR count). The summed E-state index contributed by atoms with van der Waals surface area (Å²) in [5, 5.41) is 0. The first-order valence-corrected chi connectivity index (χ1v) is 10.6. The first-order chi connectivity index (χ1) is 12.0. The van der Waals surface area contributed by atoms with Gasteiger partial charge in [-0.25, -0.2) is 0 Å². The van der Waals surface area contributed by atoms with Crippen LogP contribution in [0.15, 0.2) is 0 Å². The molecule has 4 nitrogen and oxygen atoms in total. The standard InChI is InChI=1S/C12H26N2.C11H23NO/c1-11(2)8-10(13(5)6)9-12(3,4)14(11)7;1-10(2)7-9(13-6)8-11(3,4)12(10)5/h10H,8-9H2,1-7H3;9H,7-8H2,1-6H3. The minimum atomic E-state index is 0.252. The van der Waals surface area contributed by atoms with E-state index in [1.807, 2.05) is 7.11 Å². The van der Waals surface area contributed by atoms with E-state index < -0.39 is 0 Å². The molecule has 0 atom stereocenters. The summed E-state index contributed by atoms with van der Waals surface area (Å²) >= 11 is 0. The summed E-state index contributed by atoms with van der Waals surface area (Å²) in [6.45, 7) is 18.6. The molecule has 4 heteroatoms. The molecule has 0 aromatic rings. The van der Waals surface area contributed by atoms with Crippen LogP contribution in [0, 0.1) is 0 Å². The molecule has 2 aliphatic heterocycles. The highest BCUT2D eigenvalue weighted by molar-refractivity contribution is 5.01. The predicted octanol–water partition coefficient (Wildman–Crippen LogP) is 4.48. The molecule has 0 N–H and O–H groups in total. The topological polar surface area (TPSA) is 19.0 Å². The molecule has 0 saturated carbocycles. The van der Waals surface area contributed by atoms with Crippen molar-refractivity contribution in [2.75, 3.05) is 35.3 Å². The highest BCUT2D eigenvalue weighted by Gasteiger charge is 2.44. The van der Waals surface area contributed by atoms with Gasteiger partial charge in [-0.3, -0.25) is 9.80 Å². The smallest absolute Gasteiger partial charge is 0.0606 e. The lowest BCUT2D eigenvalue weighted by molar-refractivity contribution is -0.0783. The van der Waals surface area contributed by atoms with Crippen molar-refractivity contribution >= 4 is 0 Å². The zero-order valence-electron chi connectivity index (χ0n) is 20.7. The molecule has 0 bridgehead atoms. The Labute approximate surface area is 170 Å². The fourth-order valence-electron chi connectivity index (χ4n) is 5.13. The molecule has 0 amide bonds. The van der Waals surface area contributed by atoms with E-state index in [1.165, 1.54) is 12.8 Å². The summed E-state index contributed by atoms with van der Waals surface area (Å²) in [7, 11) is 10.7. The maximum atomic E-state index is 5.48. The van der Waals surface area contributed by atoms with Gasteiger partial charge in [-0.2, -0.15) is 0 Å². The zero-order valence-corrected chi connectivity index (χ0v) is 20.7. The molecule has 162 valence electrons. The van der Waals surface area contributed by atoms with Gasteiger partial charge in [-0.15, -0.1) is 0 Å². The van der Waals surface area contributed by atoms with Crippen LogP contribution in [-0.4, -0.2) is 84.3 Å². The van der Waals surface area contributed by atoms with Crippen LogP contribution in [0.1, 0.15) is 81.1 Å². The maximum absolute atomic E-state index is 5.48. The summed E-state index contributed by atoms with van der Waals surface area (Å²) in [4.78, 5) is 7.37. The van der Waals surface area contributed by atoms with Gasteiger partial charge in [0.15, 0.2) is 0 Å². The zero-order chi connectivity index (χ0) is 21.4. The predicted molar refractivity (Wildman–Crippen MR) is 119 cm³/mol. The number of rotatable bonds is 2. The minimum Gasteiger partial charge on any atom is -0.381 e. The van der Waals surface area contributed by atoms with Crippen LogP contribution in [-0.2, 0) is 4.74 Å². The van der Waals surface area contributed by atoms with Crippen LogP contribution in [0.4, 0.5) is 0 Å². The van der Waals surface area contributed by atoms with Crippen LogP contribution >= 0.6 is 0 Å². The van der Waals surface area contributed by atoms with E-state index >= 15 is 0 Å². The van der Waals surface area contributed by atoms with Crippen LogP contribution in [0.25, 0.3) is 0 Å². The number of nitrogens with zero attached hydrogens (tertiary/aromatic N) is 3. The number of piperidine rings is 2. The fourth-order valence-corrected chi connectivity index (χ4v) is 5.13. The first kappa shape index (κ1) is 24.9. The van der Waals surface area contributed by atoms with Gasteiger partial charge in [0.2, 0.25) is 0 Å². The second-order valence-electron chi connectivity index (χ2n) is 11.7. The van der Waals surface area contributed by atoms with E-state index in [-0.39, 0.29) is 11.1 Å². The monoisotopic (exact) mass is 383 g/mol. The normalized spacial score (nSPS) is 28.7. The third-order valence-corrected chi connectivity index (χ3v) is 7.62. The number of methoxy groups -OCH3 is 1. The van der Waals surface area contributed by atoms with Crippen molar-refractivity contribution in [2.24, 2.45) is 0 Å². The van der Waals surface area contributed by atoms with Crippen molar-refractivity contribution in [2.45, 2.75) is 115 Å². The van der Waals surface area contributed by atoms with E-state index in [2.05, 4.69) is 98.3 Å². The van der Waals surface area contributed by atoms with Crippen LogP contribution in [0.2, 0.25) is 0 Å². The van der Waals surface area contributed by atoms with Gasteiger partial charge in [0, 0.05) is 35.3 Å². The molecule has 0 spiro atoms. The Balaban J connectivity index is 0.000000271. The molecule has 0 aromatic carbocycles. The Morgan fingerprint density at radius 2 is 0.963 bits per heavy atom. The molecule has 2 fully saturated rings. The summed E-state index contributed by atoms with van der Waals surface area (Å²) in [6, 6.07) is 0.719. The van der Waals surface area contributed by atoms with Crippen molar-refractivity contribution in [1.82, 2.24) is 14.7 Å². The van der Waals surface area contributed by atoms with Gasteiger partial charge in [-0.05, 0) is 109 Å². The Morgan fingerprint density at radius 1 is 0.667 bits per heavy atom. The molecule has 2 heterocycles. The molecule has 2 saturated heterocycles. The first-order valence-electron chi connectivity index (χ1n) is 10.6. The van der Waals surface area contributed by atoms with Crippen molar-refractivity contribution in [1.29, 1.82) is 0 Å². The Hall–Kier alpha value is -0.160. The van der Waals surface area contributed by atoms with Crippen LogP contribution < -0.4 is 0 Å². The third-order valence-electron chi connectivity index (χ3n) is 7.62. The van der Waals surface area contributed by atoms with Gasteiger partial charge in [0.05, 0.1) is 6.10 Å². The molecule has 0 aromatic heterocycles. The van der Waals surface area contributed by atoms with Crippen molar-refractivity contribution < 1.29 is 4.74 Å². The van der Waals surface area contributed by atoms with Crippen LogP contribution in [0.3, 0.4) is 0 Å². The van der Waals surface area contributed by atoms with E-state index in [9.17, 15) is 0 Å². The van der Waals surface area contributed by atoms with Crippen molar-refractivity contribution in [3.05, 3.63) is 0 Å². The quantitative estimate of drug-likeness (QED) is 0.699. The highest BCUT2D eigenvalue weighted by atomic mass is 16.5. The molecular formula is C23H49N3O. The van der Waals surface area contributed by atoms with Crippen molar-refractivity contribution in [3.63, 3.8) is 0 Å². The second-order valence-corrected chi connectivity index (χ2v) is 11.7. The molecule has 0 unspecified atom stereocenters. The largest absolute Gasteiger partial charge is 0.381 e. The lowest BCUT2D eigenvalue weighted by Gasteiger charge is -2.55. The van der Waals surface area contributed by atoms with E-state index in [0.717, 1.165) is 18.9 Å². The average Bonchev–Trinajstić information content (AvgIpc) is 2.49. The number of hydrogen-bond donors (Lipinski definition) is 0. The molecule has 0 radical (unpaired) electrons. The molecule has 27 heavy (non-hydrogen) atoms. The van der Waals surface area contributed by atoms with Gasteiger partial charge < -0.3 is 9.64 Å². The summed E-state index contributed by atoms with van der Waals surface area (Å²) in [5.74, 6) is 0. The summed E-state index contributed by atoms with van der Waals surface area (Å²) in [5.41, 5.74) is 1.14. The highest BCUT2D eigenvalue weighted by Crippen LogP contribution is 2.38. The Kier molecular flexibility index (Phi) is 7.64. The van der Waals surface area contributed by atoms with Gasteiger partial charge in [-0.1, -0.05) is 0 Å². The Bertz CT molecular complexity index is 446. The lowest BCUT2D eigenvalue weighted by atomic mass is 9.77. The number of likely N-dealkylation sites (tertiary alicyclic amines) is 2. The average molecular weight is 384 g/mol. The molecule has 0 aliphatic carbocycles. The summed E-state index contributed by atoms with van der Waals surface area (Å²) in [6.07, 6.45) is 5.20. The third kappa shape index (κ3) is 5.91. The molecule has 2 aliphatic rings. The van der Waals surface area contributed by atoms with Gasteiger partial charge in [0.25, 0.3) is 0 Å². The van der Waals surface area contributed by atoms with Gasteiger partial charge in [0.1, 0.15) is 0 Å². The minimum absolute atomic E-state index is 0.252. The number of hydrogen-bond acceptors (Lipinski definition) is 4. The van der Waals surface area contributed by atoms with Crippen LogP contribution in [0.5, 0.6) is 0 Å². The maximum Gasteiger partial charge on any atom is 0.0606 e. The summed E-state index contributed by atoms with van der Waals surface area (Å²) < 4.78 is 5.48. The van der Waals surface area contributed by atoms with Crippen molar-refractivity contribution in [3.8, 4) is 0 Å². The van der Waals surface area contributed by atoms with E-state index in [0.29, 0.717) is 17.2 Å². The van der Waals surface area contributed by atoms with E-state index in [4.69, 9.17) is 4.74 Å². The molecular weight excluding hydrogens is 334 g/mol.